The van der Waals surface area contributed by atoms with Gasteiger partial charge in [0.2, 0.25) is 0 Å². The van der Waals surface area contributed by atoms with Crippen molar-refractivity contribution in [3.63, 3.8) is 0 Å². The number of benzene rings is 2. The minimum atomic E-state index is -0.735. The van der Waals surface area contributed by atoms with E-state index in [2.05, 4.69) is 15.9 Å². The smallest absolute Gasteiger partial charge is 0.141 e. The zero-order valence-corrected chi connectivity index (χ0v) is 13.1. The molecule has 2 aromatic rings. The molecule has 0 bridgehead atoms. The van der Waals surface area contributed by atoms with Crippen LogP contribution in [0.4, 0.5) is 4.39 Å². The van der Waals surface area contributed by atoms with Crippen molar-refractivity contribution in [2.45, 2.75) is 12.5 Å². The Hall–Kier alpha value is -1.10. The molecule has 0 amide bonds. The van der Waals surface area contributed by atoms with E-state index < -0.39 is 11.9 Å². The zero-order chi connectivity index (χ0) is 14.7. The van der Waals surface area contributed by atoms with Crippen molar-refractivity contribution < 1.29 is 14.2 Å². The normalized spacial score (nSPS) is 12.2. The standard InChI is InChI=1S/C15H13BrClFO2/c1-20-10-3-4-12(16)11(8-10)15(19)7-9-2-5-14(18)13(17)6-9/h2-6,8,15,19H,7H2,1H3. The molecule has 0 heterocycles. The van der Waals surface area contributed by atoms with E-state index in [1.54, 1.807) is 25.3 Å². The lowest BCUT2D eigenvalue weighted by Crippen LogP contribution is -2.03. The summed E-state index contributed by atoms with van der Waals surface area (Å²) in [7, 11) is 1.57. The Kier molecular flexibility index (Phi) is 5.02. The van der Waals surface area contributed by atoms with Gasteiger partial charge in [-0.25, -0.2) is 4.39 Å². The first-order chi connectivity index (χ1) is 9.51. The molecule has 0 aliphatic carbocycles. The van der Waals surface area contributed by atoms with Gasteiger partial charge in [-0.2, -0.15) is 0 Å². The molecule has 0 fully saturated rings. The maximum Gasteiger partial charge on any atom is 0.141 e. The number of aliphatic hydroxyl groups excluding tert-OH is 1. The fraction of sp³-hybridized carbons (Fsp3) is 0.200. The molecule has 0 radical (unpaired) electrons. The third-order valence-electron chi connectivity index (χ3n) is 2.98. The summed E-state index contributed by atoms with van der Waals surface area (Å²) in [5.41, 5.74) is 1.48. The van der Waals surface area contributed by atoms with E-state index in [1.165, 1.54) is 12.1 Å². The molecule has 1 N–H and O–H groups in total. The van der Waals surface area contributed by atoms with Gasteiger partial charge >= 0.3 is 0 Å². The number of hydrogen-bond donors (Lipinski definition) is 1. The lowest BCUT2D eigenvalue weighted by molar-refractivity contribution is 0.177. The topological polar surface area (TPSA) is 29.5 Å². The summed E-state index contributed by atoms with van der Waals surface area (Å²) in [5, 5.41) is 10.4. The Morgan fingerprint density at radius 2 is 2.05 bits per heavy atom. The van der Waals surface area contributed by atoms with Gasteiger partial charge in [-0.05, 0) is 41.5 Å². The van der Waals surface area contributed by atoms with Crippen molar-refractivity contribution in [3.05, 3.63) is 62.8 Å². The van der Waals surface area contributed by atoms with Gasteiger partial charge in [-0.1, -0.05) is 33.6 Å². The van der Waals surface area contributed by atoms with Crippen molar-refractivity contribution in [2.24, 2.45) is 0 Å². The van der Waals surface area contributed by atoms with Gasteiger partial charge in [0.25, 0.3) is 0 Å². The number of aliphatic hydroxyl groups is 1. The van der Waals surface area contributed by atoms with Crippen LogP contribution in [-0.4, -0.2) is 12.2 Å². The first-order valence-corrected chi connectivity index (χ1v) is 7.14. The van der Waals surface area contributed by atoms with E-state index in [4.69, 9.17) is 16.3 Å². The number of halogens is 3. The van der Waals surface area contributed by atoms with Gasteiger partial charge < -0.3 is 9.84 Å². The van der Waals surface area contributed by atoms with Gasteiger partial charge in [0.05, 0.1) is 18.2 Å². The Bertz CT molecular complexity index is 619. The molecule has 0 aliphatic heterocycles. The molecule has 20 heavy (non-hydrogen) atoms. The quantitative estimate of drug-likeness (QED) is 0.869. The summed E-state index contributed by atoms with van der Waals surface area (Å²) >= 11 is 9.13. The van der Waals surface area contributed by atoms with E-state index in [1.807, 2.05) is 6.07 Å². The van der Waals surface area contributed by atoms with E-state index in [-0.39, 0.29) is 5.02 Å². The van der Waals surface area contributed by atoms with E-state index in [0.29, 0.717) is 17.7 Å². The SMILES string of the molecule is COc1ccc(Br)c(C(O)Cc2ccc(F)c(Cl)c2)c1. The molecule has 0 aromatic heterocycles. The highest BCUT2D eigenvalue weighted by molar-refractivity contribution is 9.10. The van der Waals surface area contributed by atoms with Crippen LogP contribution in [0.1, 0.15) is 17.2 Å². The minimum Gasteiger partial charge on any atom is -0.497 e. The second-order valence-electron chi connectivity index (χ2n) is 4.36. The fourth-order valence-electron chi connectivity index (χ4n) is 1.90. The zero-order valence-electron chi connectivity index (χ0n) is 10.7. The molecule has 2 rings (SSSR count). The van der Waals surface area contributed by atoms with Crippen molar-refractivity contribution >= 4 is 27.5 Å². The van der Waals surface area contributed by atoms with Gasteiger partial charge in [0, 0.05) is 10.9 Å². The van der Waals surface area contributed by atoms with Gasteiger partial charge in [0.15, 0.2) is 0 Å². The Labute approximate surface area is 130 Å². The molecule has 1 atom stereocenters. The van der Waals surface area contributed by atoms with Crippen LogP contribution in [0.25, 0.3) is 0 Å². The number of ether oxygens (including phenoxy) is 1. The molecule has 1 unspecified atom stereocenters. The molecular weight excluding hydrogens is 347 g/mol. The van der Waals surface area contributed by atoms with Gasteiger partial charge in [-0.15, -0.1) is 0 Å². The summed E-state index contributed by atoms with van der Waals surface area (Å²) in [5.74, 6) is 0.201. The van der Waals surface area contributed by atoms with Crippen molar-refractivity contribution in [3.8, 4) is 5.75 Å². The van der Waals surface area contributed by atoms with Gasteiger partial charge in [-0.3, -0.25) is 0 Å². The largest absolute Gasteiger partial charge is 0.497 e. The highest BCUT2D eigenvalue weighted by Crippen LogP contribution is 2.30. The molecule has 0 aliphatic rings. The third-order valence-corrected chi connectivity index (χ3v) is 3.99. The summed E-state index contributed by atoms with van der Waals surface area (Å²) in [4.78, 5) is 0. The molecular formula is C15H13BrClFO2. The van der Waals surface area contributed by atoms with Gasteiger partial charge in [0.1, 0.15) is 11.6 Å². The number of methoxy groups -OCH3 is 1. The second kappa shape index (κ2) is 6.57. The average molecular weight is 360 g/mol. The van der Waals surface area contributed by atoms with E-state index in [0.717, 1.165) is 10.0 Å². The maximum absolute atomic E-state index is 13.1. The van der Waals surface area contributed by atoms with Crippen LogP contribution in [0.5, 0.6) is 5.75 Å². The molecule has 0 spiro atoms. The molecule has 0 saturated heterocycles. The average Bonchev–Trinajstić information content (AvgIpc) is 2.43. The van der Waals surface area contributed by atoms with E-state index >= 15 is 0 Å². The highest BCUT2D eigenvalue weighted by atomic mass is 79.9. The van der Waals surface area contributed by atoms with Crippen LogP contribution in [0.2, 0.25) is 5.02 Å². The minimum absolute atomic E-state index is 0.0550. The summed E-state index contributed by atoms with van der Waals surface area (Å²) in [6.45, 7) is 0. The number of rotatable bonds is 4. The lowest BCUT2D eigenvalue weighted by atomic mass is 10.0. The first-order valence-electron chi connectivity index (χ1n) is 5.96. The molecule has 2 aromatic carbocycles. The molecule has 106 valence electrons. The molecule has 0 saturated carbocycles. The lowest BCUT2D eigenvalue weighted by Gasteiger charge is -2.14. The first kappa shape index (κ1) is 15.3. The number of hydrogen-bond acceptors (Lipinski definition) is 2. The van der Waals surface area contributed by atoms with Crippen LogP contribution in [0.3, 0.4) is 0 Å². The Balaban J connectivity index is 2.23. The fourth-order valence-corrected chi connectivity index (χ4v) is 2.62. The van der Waals surface area contributed by atoms with E-state index in [9.17, 15) is 9.50 Å². The molecule has 2 nitrogen and oxygen atoms in total. The van der Waals surface area contributed by atoms with Crippen molar-refractivity contribution in [1.29, 1.82) is 0 Å². The summed E-state index contributed by atoms with van der Waals surface area (Å²) in [6.07, 6.45) is -0.396. The van der Waals surface area contributed by atoms with Crippen LogP contribution < -0.4 is 4.74 Å². The summed E-state index contributed by atoms with van der Waals surface area (Å²) < 4.78 is 19.0. The van der Waals surface area contributed by atoms with Crippen LogP contribution in [-0.2, 0) is 6.42 Å². The maximum atomic E-state index is 13.1. The van der Waals surface area contributed by atoms with Crippen molar-refractivity contribution in [2.75, 3.05) is 7.11 Å². The third kappa shape index (κ3) is 3.51. The Morgan fingerprint density at radius 3 is 2.70 bits per heavy atom. The summed E-state index contributed by atoms with van der Waals surface area (Å²) in [6, 6.07) is 9.81. The van der Waals surface area contributed by atoms with Crippen molar-refractivity contribution in [1.82, 2.24) is 0 Å². The monoisotopic (exact) mass is 358 g/mol. The second-order valence-corrected chi connectivity index (χ2v) is 5.62. The van der Waals surface area contributed by atoms with Crippen LogP contribution in [0.15, 0.2) is 40.9 Å². The van der Waals surface area contributed by atoms with Crippen LogP contribution in [0, 0.1) is 5.82 Å². The predicted molar refractivity (Wildman–Crippen MR) is 80.8 cm³/mol. The highest BCUT2D eigenvalue weighted by Gasteiger charge is 2.14. The Morgan fingerprint density at radius 1 is 1.30 bits per heavy atom. The predicted octanol–water partition coefficient (Wildman–Crippen LogP) is 4.53. The molecule has 5 heteroatoms. The van der Waals surface area contributed by atoms with Crippen LogP contribution >= 0.6 is 27.5 Å².